The standard InChI is InChI=1S/C29H30F4O2/c1-2-3-7-19-10-12-21(13-11-19)26-25(30)18-24(20-8-5-4-6-9-20)28(27(26)31)34-22-14-16-23(17-15-22)35-29(32)33/h4-6,8-9,14-19,21,29H,2-3,7,10-13H2,1H3. The van der Waals surface area contributed by atoms with Crippen LogP contribution in [0.25, 0.3) is 11.1 Å². The molecule has 1 aliphatic rings. The van der Waals surface area contributed by atoms with Gasteiger partial charge >= 0.3 is 6.61 Å². The molecule has 0 atom stereocenters. The molecule has 0 saturated heterocycles. The molecule has 1 saturated carbocycles. The summed E-state index contributed by atoms with van der Waals surface area (Å²) in [7, 11) is 0. The van der Waals surface area contributed by atoms with Crippen LogP contribution in [0.5, 0.6) is 17.2 Å². The molecule has 186 valence electrons. The number of hydrogen-bond acceptors (Lipinski definition) is 2. The first-order valence-electron chi connectivity index (χ1n) is 12.3. The third-order valence-corrected chi connectivity index (χ3v) is 6.78. The molecular formula is C29H30F4O2. The fraction of sp³-hybridized carbons (Fsp3) is 0.379. The minimum absolute atomic E-state index is 0.0317. The maximum atomic E-state index is 16.0. The predicted molar refractivity (Wildman–Crippen MR) is 129 cm³/mol. The molecule has 0 heterocycles. The Labute approximate surface area is 203 Å². The molecule has 35 heavy (non-hydrogen) atoms. The van der Waals surface area contributed by atoms with Crippen LogP contribution in [0, 0.1) is 17.6 Å². The van der Waals surface area contributed by atoms with Gasteiger partial charge in [0, 0.05) is 11.1 Å². The molecule has 6 heteroatoms. The van der Waals surface area contributed by atoms with Gasteiger partial charge in [-0.3, -0.25) is 0 Å². The molecule has 0 radical (unpaired) electrons. The van der Waals surface area contributed by atoms with Gasteiger partial charge in [0.05, 0.1) is 0 Å². The molecule has 3 aromatic rings. The van der Waals surface area contributed by atoms with Crippen LogP contribution in [0.2, 0.25) is 0 Å². The van der Waals surface area contributed by atoms with E-state index in [0.717, 1.165) is 32.1 Å². The monoisotopic (exact) mass is 486 g/mol. The van der Waals surface area contributed by atoms with E-state index in [2.05, 4.69) is 11.7 Å². The van der Waals surface area contributed by atoms with Crippen LogP contribution in [0.1, 0.15) is 63.4 Å². The summed E-state index contributed by atoms with van der Waals surface area (Å²) in [5, 5.41) is 0. The van der Waals surface area contributed by atoms with Gasteiger partial charge < -0.3 is 9.47 Å². The molecule has 1 fully saturated rings. The van der Waals surface area contributed by atoms with Crippen molar-refractivity contribution < 1.29 is 27.0 Å². The molecule has 0 spiro atoms. The van der Waals surface area contributed by atoms with Crippen LogP contribution in [-0.4, -0.2) is 6.61 Å². The molecule has 4 rings (SSSR count). The smallest absolute Gasteiger partial charge is 0.387 e. The summed E-state index contributed by atoms with van der Waals surface area (Å²) in [6, 6.07) is 15.8. The summed E-state index contributed by atoms with van der Waals surface area (Å²) in [6.07, 6.45) is 6.92. The third kappa shape index (κ3) is 6.16. The zero-order valence-corrected chi connectivity index (χ0v) is 19.8. The highest BCUT2D eigenvalue weighted by Gasteiger charge is 2.30. The molecule has 2 nitrogen and oxygen atoms in total. The van der Waals surface area contributed by atoms with Gasteiger partial charge in [0.2, 0.25) is 0 Å². The largest absolute Gasteiger partial charge is 0.454 e. The van der Waals surface area contributed by atoms with E-state index in [1.165, 1.54) is 43.2 Å². The van der Waals surface area contributed by atoms with E-state index < -0.39 is 18.2 Å². The van der Waals surface area contributed by atoms with Crippen molar-refractivity contribution in [1.29, 1.82) is 0 Å². The van der Waals surface area contributed by atoms with E-state index in [9.17, 15) is 8.78 Å². The average Bonchev–Trinajstić information content (AvgIpc) is 2.86. The van der Waals surface area contributed by atoms with Crippen molar-refractivity contribution in [3.8, 4) is 28.4 Å². The van der Waals surface area contributed by atoms with Gasteiger partial charge in [-0.2, -0.15) is 8.78 Å². The van der Waals surface area contributed by atoms with Crippen LogP contribution >= 0.6 is 0 Å². The van der Waals surface area contributed by atoms with Gasteiger partial charge in [0.25, 0.3) is 0 Å². The predicted octanol–water partition coefficient (Wildman–Crippen LogP) is 9.49. The number of alkyl halides is 2. The summed E-state index contributed by atoms with van der Waals surface area (Å²) in [5.41, 5.74) is 0.993. The lowest BCUT2D eigenvalue weighted by molar-refractivity contribution is -0.0498. The van der Waals surface area contributed by atoms with Gasteiger partial charge in [0.15, 0.2) is 11.6 Å². The summed E-state index contributed by atoms with van der Waals surface area (Å²) in [4.78, 5) is 0. The lowest BCUT2D eigenvalue weighted by Crippen LogP contribution is -2.16. The topological polar surface area (TPSA) is 18.5 Å². The summed E-state index contributed by atoms with van der Waals surface area (Å²) >= 11 is 0. The number of rotatable bonds is 9. The molecule has 0 amide bonds. The average molecular weight is 487 g/mol. The minimum Gasteiger partial charge on any atom is -0.454 e. The first-order chi connectivity index (χ1) is 17.0. The van der Waals surface area contributed by atoms with E-state index in [0.29, 0.717) is 17.0 Å². The summed E-state index contributed by atoms with van der Waals surface area (Å²) < 4.78 is 66.6. The fourth-order valence-electron chi connectivity index (χ4n) is 4.96. The highest BCUT2D eigenvalue weighted by atomic mass is 19.3. The van der Waals surface area contributed by atoms with Crippen molar-refractivity contribution in [3.05, 3.63) is 77.9 Å². The summed E-state index contributed by atoms with van der Waals surface area (Å²) in [6.45, 7) is -0.772. The van der Waals surface area contributed by atoms with Crippen molar-refractivity contribution in [2.75, 3.05) is 0 Å². The Kier molecular flexibility index (Phi) is 8.32. The number of unbranched alkanes of at least 4 members (excludes halogenated alkanes) is 1. The SMILES string of the molecule is CCCCC1CCC(c2c(F)cc(-c3ccccc3)c(Oc3ccc(OC(F)F)cc3)c2F)CC1. The number of ether oxygens (including phenoxy) is 2. The van der Waals surface area contributed by atoms with E-state index >= 15 is 8.78 Å². The van der Waals surface area contributed by atoms with Crippen molar-refractivity contribution >= 4 is 0 Å². The lowest BCUT2D eigenvalue weighted by atomic mass is 9.76. The lowest BCUT2D eigenvalue weighted by Gasteiger charge is -2.30. The van der Waals surface area contributed by atoms with Crippen LogP contribution in [-0.2, 0) is 0 Å². The van der Waals surface area contributed by atoms with Gasteiger partial charge in [-0.05, 0) is 73.4 Å². The number of halogens is 4. The van der Waals surface area contributed by atoms with Gasteiger partial charge in [-0.25, -0.2) is 8.78 Å². The molecule has 0 bridgehead atoms. The third-order valence-electron chi connectivity index (χ3n) is 6.78. The van der Waals surface area contributed by atoms with E-state index in [1.807, 2.05) is 6.07 Å². The molecule has 1 aliphatic carbocycles. The first-order valence-corrected chi connectivity index (χ1v) is 12.3. The fourth-order valence-corrected chi connectivity index (χ4v) is 4.96. The Morgan fingerprint density at radius 1 is 0.886 bits per heavy atom. The van der Waals surface area contributed by atoms with Crippen molar-refractivity contribution in [3.63, 3.8) is 0 Å². The highest BCUT2D eigenvalue weighted by molar-refractivity contribution is 5.72. The molecule has 0 aromatic heterocycles. The van der Waals surface area contributed by atoms with Crippen LogP contribution in [0.4, 0.5) is 17.6 Å². The maximum Gasteiger partial charge on any atom is 0.387 e. The Balaban J connectivity index is 1.67. The Morgan fingerprint density at radius 2 is 1.54 bits per heavy atom. The van der Waals surface area contributed by atoms with Gasteiger partial charge in [0.1, 0.15) is 17.3 Å². The Morgan fingerprint density at radius 3 is 2.17 bits per heavy atom. The summed E-state index contributed by atoms with van der Waals surface area (Å²) in [5.74, 6) is -0.713. The normalized spacial score (nSPS) is 18.0. The van der Waals surface area contributed by atoms with E-state index in [4.69, 9.17) is 4.74 Å². The molecular weight excluding hydrogens is 456 g/mol. The second kappa shape index (κ2) is 11.6. The van der Waals surface area contributed by atoms with Crippen LogP contribution < -0.4 is 9.47 Å². The minimum atomic E-state index is -2.94. The van der Waals surface area contributed by atoms with Crippen molar-refractivity contribution in [2.24, 2.45) is 5.92 Å². The zero-order valence-electron chi connectivity index (χ0n) is 19.8. The quantitative estimate of drug-likeness (QED) is 0.280. The van der Waals surface area contributed by atoms with Crippen molar-refractivity contribution in [1.82, 2.24) is 0 Å². The van der Waals surface area contributed by atoms with E-state index in [1.54, 1.807) is 24.3 Å². The molecule has 3 aromatic carbocycles. The second-order valence-corrected chi connectivity index (χ2v) is 9.14. The Bertz CT molecular complexity index is 1090. The maximum absolute atomic E-state index is 16.0. The first kappa shape index (κ1) is 25.1. The number of benzene rings is 3. The van der Waals surface area contributed by atoms with Gasteiger partial charge in [-0.15, -0.1) is 0 Å². The van der Waals surface area contributed by atoms with Crippen molar-refractivity contribution in [2.45, 2.75) is 64.4 Å². The highest BCUT2D eigenvalue weighted by Crippen LogP contribution is 2.45. The molecule has 0 aliphatic heterocycles. The molecule has 0 unspecified atom stereocenters. The van der Waals surface area contributed by atoms with Gasteiger partial charge in [-0.1, -0.05) is 56.5 Å². The van der Waals surface area contributed by atoms with Crippen LogP contribution in [0.15, 0.2) is 60.7 Å². The molecule has 0 N–H and O–H groups in total. The Hall–Kier alpha value is -3.02. The second-order valence-electron chi connectivity index (χ2n) is 9.14. The number of hydrogen-bond donors (Lipinski definition) is 0. The van der Waals surface area contributed by atoms with E-state index in [-0.39, 0.29) is 28.7 Å². The van der Waals surface area contributed by atoms with Crippen LogP contribution in [0.3, 0.4) is 0 Å². The zero-order chi connectivity index (χ0) is 24.8.